The molecular weight excluding hydrogens is 470 g/mol. The molecule has 0 bridgehead atoms. The lowest BCUT2D eigenvalue weighted by atomic mass is 9.83. The SMILES string of the molecule is CC(C)c1nc(N2CCC(c3n[nH]c4c3[C@H](C(F)(F)F)[C@@H](O)C(=O)N4)CC2)cc(C(F)(F)F)n1. The van der Waals surface area contributed by atoms with Crippen LogP contribution in [0, 0.1) is 0 Å². The summed E-state index contributed by atoms with van der Waals surface area (Å²) >= 11 is 0. The van der Waals surface area contributed by atoms with Gasteiger partial charge in [-0.15, -0.1) is 0 Å². The van der Waals surface area contributed by atoms with Gasteiger partial charge in [0.05, 0.1) is 5.69 Å². The van der Waals surface area contributed by atoms with E-state index in [4.69, 9.17) is 0 Å². The van der Waals surface area contributed by atoms with Crippen molar-refractivity contribution in [1.82, 2.24) is 20.2 Å². The number of carbonyl (C=O) groups excluding carboxylic acids is 1. The first-order chi connectivity index (χ1) is 15.8. The van der Waals surface area contributed by atoms with Crippen LogP contribution in [0.3, 0.4) is 0 Å². The normalized spacial score (nSPS) is 22.2. The smallest absolute Gasteiger partial charge is 0.382 e. The van der Waals surface area contributed by atoms with Gasteiger partial charge >= 0.3 is 12.4 Å². The summed E-state index contributed by atoms with van der Waals surface area (Å²) in [5.74, 6) is -4.46. The molecule has 186 valence electrons. The predicted octanol–water partition coefficient (Wildman–Crippen LogP) is 3.68. The lowest BCUT2D eigenvalue weighted by molar-refractivity contribution is -0.177. The average molecular weight is 492 g/mol. The molecule has 1 amide bonds. The molecule has 2 aliphatic rings. The number of piperidine rings is 1. The molecule has 3 N–H and O–H groups in total. The lowest BCUT2D eigenvalue weighted by Gasteiger charge is -2.35. The highest BCUT2D eigenvalue weighted by atomic mass is 19.4. The second-order valence-corrected chi connectivity index (χ2v) is 8.73. The molecule has 2 aromatic heterocycles. The van der Waals surface area contributed by atoms with Crippen molar-refractivity contribution < 1.29 is 36.2 Å². The first-order valence-corrected chi connectivity index (χ1v) is 10.6. The molecule has 1 saturated heterocycles. The second-order valence-electron chi connectivity index (χ2n) is 8.73. The minimum absolute atomic E-state index is 0.0473. The van der Waals surface area contributed by atoms with Crippen LogP contribution in [0.5, 0.6) is 0 Å². The van der Waals surface area contributed by atoms with Gasteiger partial charge in [-0.25, -0.2) is 9.97 Å². The third kappa shape index (κ3) is 4.42. The van der Waals surface area contributed by atoms with E-state index in [0.29, 0.717) is 0 Å². The van der Waals surface area contributed by atoms with E-state index >= 15 is 0 Å². The molecular formula is C20H22F6N6O2. The van der Waals surface area contributed by atoms with Gasteiger partial charge in [-0.3, -0.25) is 9.89 Å². The molecule has 0 aromatic carbocycles. The number of fused-ring (bicyclic) bond motifs is 1. The molecule has 0 radical (unpaired) electrons. The van der Waals surface area contributed by atoms with Crippen LogP contribution in [-0.4, -0.2) is 56.5 Å². The van der Waals surface area contributed by atoms with Crippen molar-refractivity contribution in [1.29, 1.82) is 0 Å². The fourth-order valence-corrected chi connectivity index (χ4v) is 4.34. The van der Waals surface area contributed by atoms with Crippen molar-refractivity contribution >= 4 is 17.5 Å². The van der Waals surface area contributed by atoms with Crippen LogP contribution in [0.15, 0.2) is 6.07 Å². The van der Waals surface area contributed by atoms with Gasteiger partial charge in [-0.05, 0) is 12.8 Å². The summed E-state index contributed by atoms with van der Waals surface area (Å²) in [6.07, 6.45) is -11.3. The number of rotatable bonds is 3. The number of aliphatic hydroxyl groups excluding tert-OH is 1. The van der Waals surface area contributed by atoms with Crippen LogP contribution in [0.4, 0.5) is 38.0 Å². The topological polar surface area (TPSA) is 107 Å². The fourth-order valence-electron chi connectivity index (χ4n) is 4.34. The fraction of sp³-hybridized carbons (Fsp3) is 0.600. The lowest BCUT2D eigenvalue weighted by Crippen LogP contribution is -2.44. The predicted molar refractivity (Wildman–Crippen MR) is 107 cm³/mol. The minimum Gasteiger partial charge on any atom is -0.382 e. The maximum Gasteiger partial charge on any atom is 0.433 e. The maximum absolute atomic E-state index is 13.7. The highest BCUT2D eigenvalue weighted by Gasteiger charge is 2.53. The molecule has 4 heterocycles. The van der Waals surface area contributed by atoms with Crippen molar-refractivity contribution in [3.63, 3.8) is 0 Å². The van der Waals surface area contributed by atoms with E-state index in [0.717, 1.165) is 6.07 Å². The number of H-pyrrole nitrogens is 1. The summed E-state index contributed by atoms with van der Waals surface area (Å²) in [4.78, 5) is 21.3. The maximum atomic E-state index is 13.7. The third-order valence-electron chi connectivity index (χ3n) is 6.07. The molecule has 4 rings (SSSR count). The van der Waals surface area contributed by atoms with Gasteiger partial charge in [-0.2, -0.15) is 31.4 Å². The molecule has 2 atom stereocenters. The zero-order valence-electron chi connectivity index (χ0n) is 18.1. The largest absolute Gasteiger partial charge is 0.433 e. The van der Waals surface area contributed by atoms with Crippen LogP contribution >= 0.6 is 0 Å². The molecule has 2 aromatic rings. The second kappa shape index (κ2) is 8.40. The van der Waals surface area contributed by atoms with Gasteiger partial charge < -0.3 is 15.3 Å². The summed E-state index contributed by atoms with van der Waals surface area (Å²) in [6.45, 7) is 3.81. The van der Waals surface area contributed by atoms with E-state index in [1.165, 1.54) is 0 Å². The van der Waals surface area contributed by atoms with Crippen LogP contribution in [-0.2, 0) is 11.0 Å². The highest BCUT2D eigenvalue weighted by molar-refractivity contribution is 5.97. The van der Waals surface area contributed by atoms with Crippen LogP contribution in [0.1, 0.15) is 67.2 Å². The van der Waals surface area contributed by atoms with E-state index in [9.17, 15) is 36.2 Å². The Hall–Kier alpha value is -2.90. The van der Waals surface area contributed by atoms with Gasteiger partial charge in [-0.1, -0.05) is 13.8 Å². The first-order valence-electron chi connectivity index (χ1n) is 10.6. The molecule has 2 aliphatic heterocycles. The van der Waals surface area contributed by atoms with Crippen LogP contribution < -0.4 is 10.2 Å². The number of anilines is 2. The Kier molecular flexibility index (Phi) is 5.98. The highest BCUT2D eigenvalue weighted by Crippen LogP contribution is 2.47. The molecule has 14 heteroatoms. The Bertz CT molecular complexity index is 1070. The molecule has 1 fully saturated rings. The van der Waals surface area contributed by atoms with Gasteiger partial charge in [0.15, 0.2) is 0 Å². The summed E-state index contributed by atoms with van der Waals surface area (Å²) in [5.41, 5.74) is -1.28. The van der Waals surface area contributed by atoms with E-state index in [1.54, 1.807) is 18.7 Å². The minimum atomic E-state index is -4.88. The van der Waals surface area contributed by atoms with E-state index in [2.05, 4.69) is 25.5 Å². The Morgan fingerprint density at radius 1 is 1.12 bits per heavy atom. The molecule has 0 saturated carbocycles. The number of aromatic nitrogens is 4. The number of nitrogens with zero attached hydrogens (tertiary/aromatic N) is 4. The summed E-state index contributed by atoms with van der Waals surface area (Å²) in [6, 6.07) is 0.869. The summed E-state index contributed by atoms with van der Waals surface area (Å²) in [5, 5.41) is 18.5. The summed E-state index contributed by atoms with van der Waals surface area (Å²) in [7, 11) is 0. The Morgan fingerprint density at radius 3 is 2.32 bits per heavy atom. The third-order valence-corrected chi connectivity index (χ3v) is 6.07. The van der Waals surface area contributed by atoms with Crippen molar-refractivity contribution in [2.45, 2.75) is 62.9 Å². The number of carbonyl (C=O) groups is 1. The first kappa shape index (κ1) is 24.2. The number of nitrogens with one attached hydrogen (secondary N) is 2. The zero-order chi connectivity index (χ0) is 25.0. The Labute approximate surface area is 189 Å². The summed E-state index contributed by atoms with van der Waals surface area (Å²) < 4.78 is 81.0. The number of aromatic amines is 1. The molecule has 8 nitrogen and oxygen atoms in total. The Balaban J connectivity index is 1.59. The van der Waals surface area contributed by atoms with Gasteiger partial charge in [0.1, 0.15) is 35.2 Å². The van der Waals surface area contributed by atoms with Crippen LogP contribution in [0.2, 0.25) is 0 Å². The number of amides is 1. The van der Waals surface area contributed by atoms with Crippen molar-refractivity contribution in [3.8, 4) is 0 Å². The van der Waals surface area contributed by atoms with E-state index in [1.807, 2.05) is 0 Å². The van der Waals surface area contributed by atoms with Crippen molar-refractivity contribution in [2.75, 3.05) is 23.3 Å². The van der Waals surface area contributed by atoms with Crippen molar-refractivity contribution in [2.24, 2.45) is 0 Å². The number of aliphatic hydroxyl groups is 1. The van der Waals surface area contributed by atoms with E-state index < -0.39 is 41.9 Å². The molecule has 0 aliphatic carbocycles. The molecule has 0 spiro atoms. The number of alkyl halides is 6. The average Bonchev–Trinajstić information content (AvgIpc) is 3.15. The number of hydrogen-bond donors (Lipinski definition) is 3. The van der Waals surface area contributed by atoms with Crippen LogP contribution in [0.25, 0.3) is 0 Å². The van der Waals surface area contributed by atoms with Gasteiger partial charge in [0, 0.05) is 36.6 Å². The molecule has 34 heavy (non-hydrogen) atoms. The standard InChI is InChI=1S/C20H22F6N6O2/c1-8(2)16-27-10(19(21,22)23)7-11(28-16)32-5-3-9(4-6-32)14-12-13(20(24,25)26)15(33)18(34)29-17(12)31-30-14/h7-9,13,15,33H,3-6H2,1-2H3,(H2,29,30,31,34)/t13-,15+/m0/s1. The van der Waals surface area contributed by atoms with Gasteiger partial charge in [0.25, 0.3) is 5.91 Å². The van der Waals surface area contributed by atoms with E-state index in [-0.39, 0.29) is 60.6 Å². The quantitative estimate of drug-likeness (QED) is 0.565. The Morgan fingerprint density at radius 2 is 1.76 bits per heavy atom. The van der Waals surface area contributed by atoms with Gasteiger partial charge in [0.2, 0.25) is 0 Å². The molecule has 0 unspecified atom stereocenters. The monoisotopic (exact) mass is 492 g/mol. The number of hydrogen-bond acceptors (Lipinski definition) is 6. The van der Waals surface area contributed by atoms with Crippen molar-refractivity contribution in [3.05, 3.63) is 28.8 Å². The number of halogens is 6. The zero-order valence-corrected chi connectivity index (χ0v) is 18.1.